The van der Waals surface area contributed by atoms with E-state index >= 15 is 0 Å². The summed E-state index contributed by atoms with van der Waals surface area (Å²) >= 11 is 0. The molecule has 4 aromatic carbocycles. The zero-order chi connectivity index (χ0) is 19.9. The van der Waals surface area contributed by atoms with Gasteiger partial charge in [0, 0.05) is 22.0 Å². The summed E-state index contributed by atoms with van der Waals surface area (Å²) in [4.78, 5) is 0. The van der Waals surface area contributed by atoms with Gasteiger partial charge in [0.25, 0.3) is 0 Å². The van der Waals surface area contributed by atoms with Gasteiger partial charge in [0.1, 0.15) is 5.69 Å². The summed E-state index contributed by atoms with van der Waals surface area (Å²) < 4.78 is 4.14. The second-order valence-electron chi connectivity index (χ2n) is 7.30. The van der Waals surface area contributed by atoms with Crippen molar-refractivity contribution in [3.8, 4) is 22.6 Å². The average molecular weight is 386 g/mol. The van der Waals surface area contributed by atoms with Gasteiger partial charge in [-0.05, 0) is 30.3 Å². The van der Waals surface area contributed by atoms with Crippen molar-refractivity contribution >= 4 is 21.8 Å². The monoisotopic (exact) mass is 386 g/mol. The van der Waals surface area contributed by atoms with Gasteiger partial charge in [-0.2, -0.15) is 0 Å². The Morgan fingerprint density at radius 2 is 1.20 bits per heavy atom. The van der Waals surface area contributed by atoms with Gasteiger partial charge in [0.2, 0.25) is 0 Å². The molecule has 0 amide bonds. The van der Waals surface area contributed by atoms with Crippen LogP contribution >= 0.6 is 0 Å². The molecule has 0 aliphatic carbocycles. The Morgan fingerprint density at radius 3 is 1.93 bits per heavy atom. The van der Waals surface area contributed by atoms with Crippen LogP contribution in [0.5, 0.6) is 0 Å². The normalized spacial score (nSPS) is 11.3. The van der Waals surface area contributed by atoms with E-state index in [4.69, 9.17) is 0 Å². The van der Waals surface area contributed by atoms with Crippen LogP contribution in [0.1, 0.15) is 0 Å². The minimum atomic E-state index is 0.859. The van der Waals surface area contributed by atoms with Crippen molar-refractivity contribution in [3.05, 3.63) is 109 Å². The molecular formula is C26H18N4. The highest BCUT2D eigenvalue weighted by atomic mass is 15.4. The molecule has 0 radical (unpaired) electrons. The van der Waals surface area contributed by atoms with Crippen LogP contribution in [0.2, 0.25) is 0 Å². The first-order valence-corrected chi connectivity index (χ1v) is 9.95. The van der Waals surface area contributed by atoms with Gasteiger partial charge in [-0.3, -0.25) is 0 Å². The van der Waals surface area contributed by atoms with Crippen LogP contribution in [-0.4, -0.2) is 19.6 Å². The summed E-state index contributed by atoms with van der Waals surface area (Å²) in [6.07, 6.45) is 1.97. The van der Waals surface area contributed by atoms with E-state index in [-0.39, 0.29) is 0 Å². The molecular weight excluding hydrogens is 368 g/mol. The van der Waals surface area contributed by atoms with Gasteiger partial charge in [-0.25, -0.2) is 4.68 Å². The largest absolute Gasteiger partial charge is 0.309 e. The number of para-hydroxylation sites is 2. The smallest absolute Gasteiger partial charge is 0.113 e. The van der Waals surface area contributed by atoms with Crippen LogP contribution < -0.4 is 0 Å². The van der Waals surface area contributed by atoms with Gasteiger partial charge >= 0.3 is 0 Å². The number of benzene rings is 4. The third-order valence-corrected chi connectivity index (χ3v) is 5.50. The molecule has 4 heteroatoms. The average Bonchev–Trinajstić information content (AvgIpc) is 3.43. The van der Waals surface area contributed by atoms with E-state index in [2.05, 4.69) is 87.7 Å². The Morgan fingerprint density at radius 1 is 0.567 bits per heavy atom. The fourth-order valence-electron chi connectivity index (χ4n) is 4.11. The molecule has 0 fully saturated rings. The summed E-state index contributed by atoms with van der Waals surface area (Å²) in [5.41, 5.74) is 6.38. The fraction of sp³-hybridized carbons (Fsp3) is 0. The van der Waals surface area contributed by atoms with Crippen LogP contribution in [0, 0.1) is 0 Å². The van der Waals surface area contributed by atoms with Gasteiger partial charge in [0.15, 0.2) is 0 Å². The van der Waals surface area contributed by atoms with E-state index in [0.29, 0.717) is 0 Å². The Hall–Kier alpha value is -4.18. The topological polar surface area (TPSA) is 35.6 Å². The minimum Gasteiger partial charge on any atom is -0.309 e. The van der Waals surface area contributed by atoms with Crippen LogP contribution in [-0.2, 0) is 0 Å². The molecule has 0 saturated heterocycles. The van der Waals surface area contributed by atoms with Gasteiger partial charge in [0.05, 0.1) is 22.9 Å². The van der Waals surface area contributed by atoms with E-state index in [1.54, 1.807) is 0 Å². The number of rotatable bonds is 3. The molecule has 2 aromatic heterocycles. The molecule has 142 valence electrons. The number of fused-ring (bicyclic) bond motifs is 3. The third kappa shape index (κ3) is 2.62. The van der Waals surface area contributed by atoms with Crippen molar-refractivity contribution < 1.29 is 0 Å². The minimum absolute atomic E-state index is 0.859. The highest BCUT2D eigenvalue weighted by molar-refractivity contribution is 6.09. The number of hydrogen-bond acceptors (Lipinski definition) is 2. The lowest BCUT2D eigenvalue weighted by molar-refractivity contribution is 0.803. The highest BCUT2D eigenvalue weighted by Crippen LogP contribution is 2.32. The molecule has 6 aromatic rings. The van der Waals surface area contributed by atoms with E-state index in [0.717, 1.165) is 22.6 Å². The molecule has 0 aliphatic heterocycles. The molecule has 0 atom stereocenters. The van der Waals surface area contributed by atoms with E-state index in [9.17, 15) is 0 Å². The molecule has 2 heterocycles. The van der Waals surface area contributed by atoms with Gasteiger partial charge in [-0.15, -0.1) is 5.10 Å². The number of hydrogen-bond donors (Lipinski definition) is 0. The molecule has 0 saturated carbocycles. The van der Waals surface area contributed by atoms with Crippen molar-refractivity contribution in [2.45, 2.75) is 0 Å². The Labute approximate surface area is 173 Å². The molecule has 0 bridgehead atoms. The standard InChI is InChI=1S/C26H18N4/c1-2-9-19(10-3-1)24-18-29(28-27-24)20-11-8-12-21(17-20)30-25-15-6-4-13-22(25)23-14-5-7-16-26(23)30/h1-18H. The van der Waals surface area contributed by atoms with Crippen molar-refractivity contribution in [1.29, 1.82) is 0 Å². The lowest BCUT2D eigenvalue weighted by atomic mass is 10.2. The quantitative estimate of drug-likeness (QED) is 0.372. The molecule has 6 rings (SSSR count). The Balaban J connectivity index is 1.51. The molecule has 0 spiro atoms. The zero-order valence-electron chi connectivity index (χ0n) is 16.2. The summed E-state index contributed by atoms with van der Waals surface area (Å²) in [7, 11) is 0. The van der Waals surface area contributed by atoms with Crippen molar-refractivity contribution in [3.63, 3.8) is 0 Å². The predicted molar refractivity (Wildman–Crippen MR) is 121 cm³/mol. The maximum Gasteiger partial charge on any atom is 0.113 e. The maximum atomic E-state index is 4.37. The van der Waals surface area contributed by atoms with Gasteiger partial charge in [-0.1, -0.05) is 78.0 Å². The highest BCUT2D eigenvalue weighted by Gasteiger charge is 2.12. The second kappa shape index (κ2) is 6.71. The van der Waals surface area contributed by atoms with E-state index < -0.39 is 0 Å². The van der Waals surface area contributed by atoms with Crippen molar-refractivity contribution in [1.82, 2.24) is 19.6 Å². The van der Waals surface area contributed by atoms with E-state index in [1.165, 1.54) is 21.8 Å². The fourth-order valence-corrected chi connectivity index (χ4v) is 4.11. The van der Waals surface area contributed by atoms with E-state index in [1.807, 2.05) is 41.2 Å². The molecule has 30 heavy (non-hydrogen) atoms. The molecule has 4 nitrogen and oxygen atoms in total. The maximum absolute atomic E-state index is 4.37. The Bertz CT molecular complexity index is 1440. The van der Waals surface area contributed by atoms with Crippen LogP contribution in [0.4, 0.5) is 0 Å². The molecule has 0 aliphatic rings. The number of nitrogens with zero attached hydrogens (tertiary/aromatic N) is 4. The number of aromatic nitrogens is 4. The molecule has 0 unspecified atom stereocenters. The van der Waals surface area contributed by atoms with Crippen LogP contribution in [0.15, 0.2) is 109 Å². The predicted octanol–water partition coefficient (Wildman–Crippen LogP) is 6.03. The van der Waals surface area contributed by atoms with Gasteiger partial charge < -0.3 is 4.57 Å². The van der Waals surface area contributed by atoms with Crippen LogP contribution in [0.3, 0.4) is 0 Å². The summed E-state index contributed by atoms with van der Waals surface area (Å²) in [5, 5.41) is 11.2. The first-order valence-electron chi connectivity index (χ1n) is 9.95. The zero-order valence-corrected chi connectivity index (χ0v) is 16.2. The lowest BCUT2D eigenvalue weighted by Gasteiger charge is -2.09. The van der Waals surface area contributed by atoms with Crippen molar-refractivity contribution in [2.24, 2.45) is 0 Å². The summed E-state index contributed by atoms with van der Waals surface area (Å²) in [6.45, 7) is 0. The first-order chi connectivity index (χ1) is 14.9. The molecule has 0 N–H and O–H groups in total. The second-order valence-corrected chi connectivity index (χ2v) is 7.30. The van der Waals surface area contributed by atoms with Crippen molar-refractivity contribution in [2.75, 3.05) is 0 Å². The summed E-state index contributed by atoms with van der Waals surface area (Å²) in [5.74, 6) is 0. The first kappa shape index (κ1) is 16.7. The SMILES string of the molecule is c1ccc(-c2cn(-c3cccc(-n4c5ccccc5c5ccccc54)c3)nn2)cc1. The van der Waals surface area contributed by atoms with Crippen LogP contribution in [0.25, 0.3) is 44.4 Å². The lowest BCUT2D eigenvalue weighted by Crippen LogP contribution is -1.99. The third-order valence-electron chi connectivity index (χ3n) is 5.50. The summed E-state index contributed by atoms with van der Waals surface area (Å²) in [6, 6.07) is 35.6. The Kier molecular flexibility index (Phi) is 3.74.